The Morgan fingerprint density at radius 3 is 2.71 bits per heavy atom. The Balaban J connectivity index is 2.10. The molecule has 3 nitrogen and oxygen atoms in total. The molecule has 1 fully saturated rings. The van der Waals surface area contributed by atoms with E-state index >= 15 is 0 Å². The van der Waals surface area contributed by atoms with Crippen LogP contribution in [0.5, 0.6) is 0 Å². The average Bonchev–Trinajstić information content (AvgIpc) is 2.32. The summed E-state index contributed by atoms with van der Waals surface area (Å²) in [5.74, 6) is 0.766. The molecule has 0 atom stereocenters. The number of rotatable bonds is 8. The van der Waals surface area contributed by atoms with Crippen molar-refractivity contribution in [3.63, 3.8) is 0 Å². The van der Waals surface area contributed by atoms with Gasteiger partial charge >= 0.3 is 0 Å². The Hall–Kier alpha value is -0.380. The fourth-order valence-electron chi connectivity index (χ4n) is 2.36. The summed E-state index contributed by atoms with van der Waals surface area (Å²) in [6, 6.07) is 0. The van der Waals surface area contributed by atoms with Crippen molar-refractivity contribution < 1.29 is 4.74 Å². The van der Waals surface area contributed by atoms with E-state index in [0.717, 1.165) is 32.2 Å². The molecule has 1 rings (SSSR count). The predicted octanol–water partition coefficient (Wildman–Crippen LogP) is 1.90. The van der Waals surface area contributed by atoms with Crippen molar-refractivity contribution in [3.8, 4) is 0 Å². The molecule has 0 spiro atoms. The summed E-state index contributed by atoms with van der Waals surface area (Å²) < 4.78 is 5.22. The van der Waals surface area contributed by atoms with Gasteiger partial charge in [-0.25, -0.2) is 0 Å². The van der Waals surface area contributed by atoms with Gasteiger partial charge in [0.05, 0.1) is 0 Å². The van der Waals surface area contributed by atoms with E-state index in [1.165, 1.54) is 37.9 Å². The molecular formula is C14H28N2O. The highest BCUT2D eigenvalue weighted by Gasteiger charge is 2.18. The van der Waals surface area contributed by atoms with E-state index in [0.29, 0.717) is 0 Å². The normalized spacial score (nSPS) is 18.5. The van der Waals surface area contributed by atoms with Crippen LogP contribution in [-0.4, -0.2) is 51.3 Å². The SMILES string of the molecule is C=C(CNCCC)CN1CCC(COC)CC1. The molecule has 0 aromatic heterocycles. The first kappa shape index (κ1) is 14.7. The van der Waals surface area contributed by atoms with Gasteiger partial charge in [-0.3, -0.25) is 4.90 Å². The number of piperidine rings is 1. The summed E-state index contributed by atoms with van der Waals surface area (Å²) in [5, 5.41) is 3.41. The van der Waals surface area contributed by atoms with E-state index in [1.54, 1.807) is 7.11 Å². The molecule has 1 saturated heterocycles. The molecule has 0 aliphatic carbocycles. The molecule has 1 aliphatic rings. The van der Waals surface area contributed by atoms with Crippen molar-refractivity contribution >= 4 is 0 Å². The molecular weight excluding hydrogens is 212 g/mol. The highest BCUT2D eigenvalue weighted by Crippen LogP contribution is 2.17. The van der Waals surface area contributed by atoms with E-state index in [1.807, 2.05) is 0 Å². The number of methoxy groups -OCH3 is 1. The first-order chi connectivity index (χ1) is 8.26. The van der Waals surface area contributed by atoms with Crippen LogP contribution in [0.1, 0.15) is 26.2 Å². The Bertz CT molecular complexity index is 210. The van der Waals surface area contributed by atoms with Crippen LogP contribution in [0.25, 0.3) is 0 Å². The summed E-state index contributed by atoms with van der Waals surface area (Å²) in [6.45, 7) is 12.8. The molecule has 0 aromatic carbocycles. The van der Waals surface area contributed by atoms with Crippen LogP contribution in [0.15, 0.2) is 12.2 Å². The van der Waals surface area contributed by atoms with Gasteiger partial charge in [0.25, 0.3) is 0 Å². The molecule has 17 heavy (non-hydrogen) atoms. The van der Waals surface area contributed by atoms with Gasteiger partial charge in [0, 0.05) is 26.8 Å². The van der Waals surface area contributed by atoms with Gasteiger partial charge < -0.3 is 10.1 Å². The van der Waals surface area contributed by atoms with E-state index in [9.17, 15) is 0 Å². The Labute approximate surface area is 106 Å². The van der Waals surface area contributed by atoms with Gasteiger partial charge in [0.15, 0.2) is 0 Å². The zero-order valence-electron chi connectivity index (χ0n) is 11.5. The van der Waals surface area contributed by atoms with E-state index in [4.69, 9.17) is 4.74 Å². The maximum absolute atomic E-state index is 5.22. The molecule has 1 heterocycles. The minimum Gasteiger partial charge on any atom is -0.384 e. The molecule has 0 saturated carbocycles. The second-order valence-corrected chi connectivity index (χ2v) is 5.10. The summed E-state index contributed by atoms with van der Waals surface area (Å²) in [4.78, 5) is 2.52. The molecule has 1 aliphatic heterocycles. The monoisotopic (exact) mass is 240 g/mol. The van der Waals surface area contributed by atoms with Crippen LogP contribution in [-0.2, 0) is 4.74 Å². The predicted molar refractivity (Wildman–Crippen MR) is 73.3 cm³/mol. The Kier molecular flexibility index (Phi) is 7.49. The summed E-state index contributed by atoms with van der Waals surface area (Å²) >= 11 is 0. The molecule has 0 radical (unpaired) electrons. The zero-order chi connectivity index (χ0) is 12.5. The van der Waals surface area contributed by atoms with Gasteiger partial charge in [0.2, 0.25) is 0 Å². The number of likely N-dealkylation sites (tertiary alicyclic amines) is 1. The molecule has 0 bridgehead atoms. The highest BCUT2D eigenvalue weighted by molar-refractivity contribution is 5.00. The number of hydrogen-bond donors (Lipinski definition) is 1. The van der Waals surface area contributed by atoms with Crippen LogP contribution < -0.4 is 5.32 Å². The summed E-state index contributed by atoms with van der Waals surface area (Å²) in [5.41, 5.74) is 1.31. The third-order valence-corrected chi connectivity index (χ3v) is 3.36. The van der Waals surface area contributed by atoms with E-state index < -0.39 is 0 Å². The van der Waals surface area contributed by atoms with Crippen LogP contribution in [0.2, 0.25) is 0 Å². The maximum Gasteiger partial charge on any atom is 0.0491 e. The van der Waals surface area contributed by atoms with Crippen LogP contribution in [0.4, 0.5) is 0 Å². The second kappa shape index (κ2) is 8.67. The van der Waals surface area contributed by atoms with Crippen molar-refractivity contribution in [3.05, 3.63) is 12.2 Å². The molecule has 0 aromatic rings. The lowest BCUT2D eigenvalue weighted by Gasteiger charge is -2.32. The zero-order valence-corrected chi connectivity index (χ0v) is 11.5. The fourth-order valence-corrected chi connectivity index (χ4v) is 2.36. The third-order valence-electron chi connectivity index (χ3n) is 3.36. The largest absolute Gasteiger partial charge is 0.384 e. The molecule has 0 amide bonds. The first-order valence-electron chi connectivity index (χ1n) is 6.85. The van der Waals surface area contributed by atoms with Crippen molar-refractivity contribution in [1.29, 1.82) is 0 Å². The smallest absolute Gasteiger partial charge is 0.0491 e. The minimum absolute atomic E-state index is 0.766. The third kappa shape index (κ3) is 6.20. The van der Waals surface area contributed by atoms with Gasteiger partial charge in [-0.05, 0) is 50.4 Å². The Morgan fingerprint density at radius 2 is 2.12 bits per heavy atom. The number of hydrogen-bond acceptors (Lipinski definition) is 3. The van der Waals surface area contributed by atoms with Gasteiger partial charge in [-0.2, -0.15) is 0 Å². The quantitative estimate of drug-likeness (QED) is 0.518. The van der Waals surface area contributed by atoms with Crippen molar-refractivity contribution in [2.45, 2.75) is 26.2 Å². The number of ether oxygens (including phenoxy) is 1. The Morgan fingerprint density at radius 1 is 1.41 bits per heavy atom. The lowest BCUT2D eigenvalue weighted by molar-refractivity contribution is 0.103. The number of nitrogens with one attached hydrogen (secondary N) is 1. The topological polar surface area (TPSA) is 24.5 Å². The maximum atomic E-state index is 5.22. The van der Waals surface area contributed by atoms with E-state index in [2.05, 4.69) is 23.7 Å². The minimum atomic E-state index is 0.766. The second-order valence-electron chi connectivity index (χ2n) is 5.10. The lowest BCUT2D eigenvalue weighted by atomic mass is 9.97. The first-order valence-corrected chi connectivity index (χ1v) is 6.85. The van der Waals surface area contributed by atoms with Crippen LogP contribution >= 0.6 is 0 Å². The summed E-state index contributed by atoms with van der Waals surface area (Å²) in [6.07, 6.45) is 3.72. The van der Waals surface area contributed by atoms with Crippen LogP contribution in [0, 0.1) is 5.92 Å². The van der Waals surface area contributed by atoms with Crippen molar-refractivity contribution in [1.82, 2.24) is 10.2 Å². The number of nitrogens with zero attached hydrogens (tertiary/aromatic N) is 1. The van der Waals surface area contributed by atoms with E-state index in [-0.39, 0.29) is 0 Å². The van der Waals surface area contributed by atoms with Crippen molar-refractivity contribution in [2.75, 3.05) is 46.4 Å². The van der Waals surface area contributed by atoms with Gasteiger partial charge in [0.1, 0.15) is 0 Å². The molecule has 1 N–H and O–H groups in total. The lowest BCUT2D eigenvalue weighted by Crippen LogP contribution is -2.37. The van der Waals surface area contributed by atoms with Gasteiger partial charge in [-0.1, -0.05) is 13.5 Å². The standard InChI is InChI=1S/C14H28N2O/c1-4-7-15-10-13(2)11-16-8-5-14(6-9-16)12-17-3/h14-15H,2,4-12H2,1,3H3. The molecule has 3 heteroatoms. The van der Waals surface area contributed by atoms with Crippen LogP contribution in [0.3, 0.4) is 0 Å². The highest BCUT2D eigenvalue weighted by atomic mass is 16.5. The molecule has 0 unspecified atom stereocenters. The average molecular weight is 240 g/mol. The fraction of sp³-hybridized carbons (Fsp3) is 0.857. The van der Waals surface area contributed by atoms with Crippen molar-refractivity contribution in [2.24, 2.45) is 5.92 Å². The molecule has 100 valence electrons. The van der Waals surface area contributed by atoms with Gasteiger partial charge in [-0.15, -0.1) is 0 Å². The summed E-state index contributed by atoms with van der Waals surface area (Å²) in [7, 11) is 1.80.